The standard InChI is InChI=1S/C82H52B3N7O4S2/c1-97-91-68-47-74-66(45-62(68)83-64-37-51(49-86)33-35-72(64)93-76-41-59(39-70(91)80(76)83)88(53-21-9-3-10-22-53)54-23-11-4-12-24-54)84-63-46-67-75(48-69(63)92(98-2)71-40-60(42-77(95-74)81(71)84)89(55-25-13-5-14-26-55)56-27-15-6-16-28-56)96-79-44-61(90(57-29-17-7-18-30-57)58-31-19-8-20-32-58)43-78-82(79)85(67)65-38-52(50-87)34-36-73(65)94-78/h3-48H,1-2H3. The van der Waals surface area contributed by atoms with E-state index in [2.05, 4.69) is 266 Å². The molecule has 0 atom stereocenters. The van der Waals surface area contributed by atoms with Gasteiger partial charge in [-0.15, -0.1) is 0 Å². The average molecular weight is 1300 g/mol. The van der Waals surface area contributed by atoms with E-state index in [9.17, 15) is 10.5 Å². The van der Waals surface area contributed by atoms with E-state index >= 15 is 0 Å². The van der Waals surface area contributed by atoms with Crippen LogP contribution < -0.4 is 91.4 Å². The molecule has 0 saturated carbocycles. The predicted octanol–water partition coefficient (Wildman–Crippen LogP) is 15.3. The molecule has 16 heteroatoms. The Balaban J connectivity index is 0.854. The molecular weight excluding hydrogens is 1240 g/mol. The summed E-state index contributed by atoms with van der Waals surface area (Å²) in [7, 11) is 0. The molecule has 11 nitrogen and oxygen atoms in total. The van der Waals surface area contributed by atoms with Crippen LogP contribution in [0.4, 0.5) is 73.9 Å². The normalized spacial score (nSPS) is 13.1. The minimum atomic E-state index is -0.399. The maximum atomic E-state index is 10.6. The van der Waals surface area contributed by atoms with Crippen LogP contribution in [0.5, 0.6) is 46.0 Å². The second-order valence-electron chi connectivity index (χ2n) is 24.9. The number of rotatable bonds is 11. The van der Waals surface area contributed by atoms with Gasteiger partial charge in [0.05, 0.1) is 63.1 Å². The van der Waals surface area contributed by atoms with E-state index in [1.165, 1.54) is 0 Å². The van der Waals surface area contributed by atoms with E-state index in [1.807, 2.05) is 60.7 Å². The lowest BCUT2D eigenvalue weighted by molar-refractivity contribution is 0.465. The first-order chi connectivity index (χ1) is 48.4. The van der Waals surface area contributed by atoms with Crippen LogP contribution in [0.1, 0.15) is 11.1 Å². The molecule has 0 saturated heterocycles. The monoisotopic (exact) mass is 1300 g/mol. The average Bonchev–Trinajstić information content (AvgIpc) is 0.687. The van der Waals surface area contributed by atoms with Crippen molar-refractivity contribution in [1.29, 1.82) is 10.5 Å². The van der Waals surface area contributed by atoms with E-state index in [0.29, 0.717) is 39.9 Å². The van der Waals surface area contributed by atoms with E-state index in [4.69, 9.17) is 18.9 Å². The van der Waals surface area contributed by atoms with Gasteiger partial charge >= 0.3 is 0 Å². The highest BCUT2D eigenvalue weighted by Gasteiger charge is 2.50. The quantitative estimate of drug-likeness (QED) is 0.0908. The van der Waals surface area contributed by atoms with Crippen molar-refractivity contribution in [3.05, 3.63) is 290 Å². The first-order valence-corrected chi connectivity index (χ1v) is 34.8. The fourth-order valence-corrected chi connectivity index (χ4v) is 17.0. The summed E-state index contributed by atoms with van der Waals surface area (Å²) >= 11 is 3.27. The molecule has 0 radical (unpaired) electrons. The molecule has 6 aliphatic heterocycles. The Morgan fingerprint density at radius 2 is 0.561 bits per heavy atom. The molecule has 6 heterocycles. The van der Waals surface area contributed by atoms with Crippen molar-refractivity contribution < 1.29 is 18.9 Å². The topological polar surface area (TPSA) is 101 Å². The zero-order valence-corrected chi connectivity index (χ0v) is 54.5. The molecule has 0 aliphatic carbocycles. The molecule has 19 rings (SSSR count). The van der Waals surface area contributed by atoms with Gasteiger partial charge in [0.25, 0.3) is 20.1 Å². The van der Waals surface area contributed by atoms with Gasteiger partial charge in [0.2, 0.25) is 0 Å². The number of nitriles is 2. The molecule has 0 bridgehead atoms. The highest BCUT2D eigenvalue weighted by Crippen LogP contribution is 2.51. The Kier molecular flexibility index (Phi) is 13.4. The minimum Gasteiger partial charge on any atom is -0.458 e. The fourth-order valence-electron chi connectivity index (χ4n) is 15.6. The van der Waals surface area contributed by atoms with Crippen molar-refractivity contribution >= 4 is 167 Å². The summed E-state index contributed by atoms with van der Waals surface area (Å²) in [5.41, 5.74) is 22.4. The second-order valence-corrected chi connectivity index (χ2v) is 26.4. The number of anilines is 13. The van der Waals surface area contributed by atoms with E-state index in [0.717, 1.165) is 140 Å². The molecule has 460 valence electrons. The third kappa shape index (κ3) is 8.95. The van der Waals surface area contributed by atoms with Gasteiger partial charge in [0.1, 0.15) is 46.0 Å². The third-order valence-corrected chi connectivity index (χ3v) is 21.1. The molecule has 13 aromatic rings. The van der Waals surface area contributed by atoms with Gasteiger partial charge in [0, 0.05) is 88.5 Å². The van der Waals surface area contributed by atoms with Crippen LogP contribution in [0.25, 0.3) is 0 Å². The van der Waals surface area contributed by atoms with Crippen LogP contribution in [-0.2, 0) is 0 Å². The molecule has 98 heavy (non-hydrogen) atoms. The lowest BCUT2D eigenvalue weighted by Gasteiger charge is -2.43. The Bertz CT molecular complexity index is 5420. The summed E-state index contributed by atoms with van der Waals surface area (Å²) in [5.74, 6) is 5.58. The minimum absolute atomic E-state index is 0.361. The highest BCUT2D eigenvalue weighted by atomic mass is 32.2. The van der Waals surface area contributed by atoms with Crippen LogP contribution in [-0.4, -0.2) is 32.6 Å². The smallest absolute Gasteiger partial charge is 0.260 e. The molecule has 6 aliphatic rings. The largest absolute Gasteiger partial charge is 0.458 e. The second kappa shape index (κ2) is 22.8. The number of hydrogen-bond donors (Lipinski definition) is 0. The van der Waals surface area contributed by atoms with E-state index < -0.39 is 13.4 Å². The number of benzene rings is 13. The van der Waals surface area contributed by atoms with Gasteiger partial charge < -0.3 is 33.6 Å². The maximum absolute atomic E-state index is 10.6. The summed E-state index contributed by atoms with van der Waals surface area (Å²) in [5, 5.41) is 21.3. The number of hydrogen-bond acceptors (Lipinski definition) is 13. The van der Waals surface area contributed by atoms with E-state index in [1.54, 1.807) is 23.9 Å². The lowest BCUT2D eigenvalue weighted by atomic mass is 9.30. The Morgan fingerprint density at radius 3 is 0.878 bits per heavy atom. The van der Waals surface area contributed by atoms with Crippen molar-refractivity contribution in [2.24, 2.45) is 0 Å². The molecule has 0 fully saturated rings. The molecular formula is C82H52B3N7O4S2. The van der Waals surface area contributed by atoms with Crippen molar-refractivity contribution in [1.82, 2.24) is 0 Å². The predicted molar refractivity (Wildman–Crippen MR) is 404 cm³/mol. The lowest BCUT2D eigenvalue weighted by Crippen LogP contribution is -2.64. The summed E-state index contributed by atoms with van der Waals surface area (Å²) in [6, 6.07) is 102. The first kappa shape index (κ1) is 57.4. The van der Waals surface area contributed by atoms with Gasteiger partial charge in [-0.2, -0.15) is 10.5 Å². The van der Waals surface area contributed by atoms with Crippen LogP contribution in [0.15, 0.2) is 279 Å². The molecule has 13 aromatic carbocycles. The van der Waals surface area contributed by atoms with E-state index in [-0.39, 0.29) is 6.71 Å². The van der Waals surface area contributed by atoms with Crippen molar-refractivity contribution in [2.45, 2.75) is 0 Å². The van der Waals surface area contributed by atoms with Gasteiger partial charge in [-0.3, -0.25) is 8.61 Å². The summed E-state index contributed by atoms with van der Waals surface area (Å²) in [6.07, 6.45) is 4.25. The number of nitrogens with zero attached hydrogens (tertiary/aromatic N) is 7. The number of para-hydroxylation sites is 6. The molecule has 0 N–H and O–H groups in total. The summed E-state index contributed by atoms with van der Waals surface area (Å²) in [4.78, 5) is 6.81. The Morgan fingerprint density at radius 1 is 0.276 bits per heavy atom. The number of ether oxygens (including phenoxy) is 4. The van der Waals surface area contributed by atoms with Gasteiger partial charge in [0.15, 0.2) is 0 Å². The molecule has 0 amide bonds. The Hall–Kier alpha value is -12.1. The highest BCUT2D eigenvalue weighted by molar-refractivity contribution is 8.00. The summed E-state index contributed by atoms with van der Waals surface area (Å²) < 4.78 is 34.0. The maximum Gasteiger partial charge on any atom is 0.260 e. The summed E-state index contributed by atoms with van der Waals surface area (Å²) in [6.45, 7) is -1.16. The van der Waals surface area contributed by atoms with Crippen LogP contribution in [0.3, 0.4) is 0 Å². The third-order valence-electron chi connectivity index (χ3n) is 19.6. The SMILES string of the molecule is CSN1c2cc3c(cc2B2c4cc5c(cc4Oc4cc(N(c6ccccc6)c6ccccc6)cc1c42)N(SC)c1cc(N(c2ccccc2)c2ccccc2)cc2c1B5c1cc(C#N)ccc1O2)B1c2cc(C#N)ccc2Oc2cc(N(c4ccccc4)c4ccccc4)cc(c21)O3. The zero-order chi connectivity index (χ0) is 65.3. The van der Waals surface area contributed by atoms with Crippen molar-refractivity contribution in [3.8, 4) is 58.1 Å². The Labute approximate surface area is 577 Å². The van der Waals surface area contributed by atoms with Crippen molar-refractivity contribution in [3.63, 3.8) is 0 Å². The van der Waals surface area contributed by atoms with Crippen LogP contribution in [0.2, 0.25) is 0 Å². The van der Waals surface area contributed by atoms with Crippen molar-refractivity contribution in [2.75, 3.05) is 35.8 Å². The molecule has 0 aromatic heterocycles. The first-order valence-electron chi connectivity index (χ1n) is 32.5. The zero-order valence-electron chi connectivity index (χ0n) is 52.9. The van der Waals surface area contributed by atoms with Gasteiger partial charge in [-0.25, -0.2) is 0 Å². The van der Waals surface area contributed by atoms with Crippen LogP contribution in [0, 0.1) is 22.7 Å². The van der Waals surface area contributed by atoms with Crippen LogP contribution >= 0.6 is 23.9 Å². The van der Waals surface area contributed by atoms with Gasteiger partial charge in [-0.05, 0) is 189 Å². The number of fused-ring (bicyclic) bond motifs is 12. The fraction of sp³-hybridized carbons (Fsp3) is 0.0244. The molecule has 0 unspecified atom stereocenters. The van der Waals surface area contributed by atoms with Gasteiger partial charge in [-0.1, -0.05) is 121 Å². The molecule has 0 spiro atoms.